The highest BCUT2D eigenvalue weighted by atomic mass is 32.2. The average molecular weight is 309 g/mol. The first-order chi connectivity index (χ1) is 9.86. The van der Waals surface area contributed by atoms with Crippen molar-refractivity contribution in [3.63, 3.8) is 0 Å². The van der Waals surface area contributed by atoms with E-state index in [-0.39, 0.29) is 16.5 Å². The van der Waals surface area contributed by atoms with E-state index in [9.17, 15) is 18.5 Å². The summed E-state index contributed by atoms with van der Waals surface area (Å²) in [6, 6.07) is 5.88. The van der Waals surface area contributed by atoms with E-state index in [2.05, 4.69) is 6.07 Å². The lowest BCUT2D eigenvalue weighted by Crippen LogP contribution is -2.38. The zero-order chi connectivity index (χ0) is 15.6. The maximum Gasteiger partial charge on any atom is 0.269 e. The van der Waals surface area contributed by atoms with E-state index in [4.69, 9.17) is 5.26 Å². The molecule has 0 N–H and O–H groups in total. The lowest BCUT2D eigenvalue weighted by atomic mass is 10.0. The summed E-state index contributed by atoms with van der Waals surface area (Å²) in [6.45, 7) is 2.15. The lowest BCUT2D eigenvalue weighted by Gasteiger charge is -2.28. The maximum absolute atomic E-state index is 12.6. The molecular formula is C13H15N3O4S. The molecule has 8 heteroatoms. The van der Waals surface area contributed by atoms with Crippen LogP contribution in [0, 0.1) is 34.3 Å². The zero-order valence-electron chi connectivity index (χ0n) is 11.5. The Morgan fingerprint density at radius 2 is 2.00 bits per heavy atom. The number of nitrogens with zero attached hydrogens (tertiary/aromatic N) is 3. The predicted octanol–water partition coefficient (Wildman–Crippen LogP) is 1.83. The fourth-order valence-corrected chi connectivity index (χ4v) is 4.08. The average Bonchev–Trinajstić information content (AvgIpc) is 2.46. The largest absolute Gasteiger partial charge is 0.269 e. The van der Waals surface area contributed by atoms with Crippen molar-refractivity contribution in [3.05, 3.63) is 33.9 Å². The summed E-state index contributed by atoms with van der Waals surface area (Å²) in [5, 5.41) is 19.5. The number of piperidine rings is 1. The van der Waals surface area contributed by atoms with Crippen molar-refractivity contribution in [2.24, 2.45) is 5.92 Å². The Kier molecular flexibility index (Phi) is 4.25. The molecule has 0 radical (unpaired) electrons. The van der Waals surface area contributed by atoms with Crippen LogP contribution in [0.5, 0.6) is 0 Å². The number of nitro benzene ring substituents is 1. The molecule has 21 heavy (non-hydrogen) atoms. The molecule has 0 aromatic heterocycles. The first-order valence-electron chi connectivity index (χ1n) is 6.51. The molecule has 0 amide bonds. The molecule has 1 aliphatic rings. The van der Waals surface area contributed by atoms with Gasteiger partial charge in [-0.15, -0.1) is 0 Å². The molecule has 112 valence electrons. The van der Waals surface area contributed by atoms with Gasteiger partial charge in [0, 0.05) is 31.1 Å². The summed E-state index contributed by atoms with van der Waals surface area (Å²) in [7, 11) is -3.67. The van der Waals surface area contributed by atoms with Crippen LogP contribution in [0.4, 0.5) is 5.69 Å². The highest BCUT2D eigenvalue weighted by molar-refractivity contribution is 7.89. The Labute approximate surface area is 123 Å². The van der Waals surface area contributed by atoms with Crippen molar-refractivity contribution in [1.29, 1.82) is 5.26 Å². The molecule has 0 bridgehead atoms. The molecular weight excluding hydrogens is 294 g/mol. The summed E-state index contributed by atoms with van der Waals surface area (Å²) in [5.74, 6) is -0.102. The Balaban J connectivity index is 2.29. The number of nitriles is 1. The minimum atomic E-state index is -3.67. The van der Waals surface area contributed by atoms with Crippen LogP contribution >= 0.6 is 0 Å². The molecule has 7 nitrogen and oxygen atoms in total. The van der Waals surface area contributed by atoms with Crippen LogP contribution in [0.1, 0.15) is 18.4 Å². The van der Waals surface area contributed by atoms with Crippen LogP contribution in [0.2, 0.25) is 0 Å². The second kappa shape index (κ2) is 5.79. The SMILES string of the molecule is Cc1cc([N+](=O)[O-])ccc1S(=O)(=O)N1CCC(C#N)CC1. The molecule has 2 rings (SSSR count). The molecule has 1 aromatic rings. The highest BCUT2D eigenvalue weighted by Crippen LogP contribution is 2.27. The molecule has 0 unspecified atom stereocenters. The van der Waals surface area contributed by atoms with Crippen LogP contribution in [-0.2, 0) is 10.0 Å². The number of nitro groups is 1. The van der Waals surface area contributed by atoms with E-state index < -0.39 is 14.9 Å². The summed E-state index contributed by atoms with van der Waals surface area (Å²) in [5.41, 5.74) is 0.223. The van der Waals surface area contributed by atoms with Crippen LogP contribution in [-0.4, -0.2) is 30.7 Å². The molecule has 0 aliphatic carbocycles. The summed E-state index contributed by atoms with van der Waals surface area (Å²) >= 11 is 0. The molecule has 1 fully saturated rings. The third-order valence-electron chi connectivity index (χ3n) is 3.62. The number of rotatable bonds is 3. The van der Waals surface area contributed by atoms with E-state index >= 15 is 0 Å². The van der Waals surface area contributed by atoms with Gasteiger partial charge < -0.3 is 0 Å². The third kappa shape index (κ3) is 3.04. The van der Waals surface area contributed by atoms with Crippen LogP contribution in [0.15, 0.2) is 23.1 Å². The number of sulfonamides is 1. The van der Waals surface area contributed by atoms with E-state index in [0.717, 1.165) is 0 Å². The summed E-state index contributed by atoms with van der Waals surface area (Å²) in [6.07, 6.45) is 1.03. The highest BCUT2D eigenvalue weighted by Gasteiger charge is 2.30. The van der Waals surface area contributed by atoms with Crippen molar-refractivity contribution in [2.75, 3.05) is 13.1 Å². The van der Waals surface area contributed by atoms with Gasteiger partial charge in [0.05, 0.1) is 15.9 Å². The standard InChI is InChI=1S/C13H15N3O4S/c1-10-8-12(16(17)18)2-3-13(10)21(19,20)15-6-4-11(9-14)5-7-15/h2-3,8,11H,4-7H2,1H3. The smallest absolute Gasteiger partial charge is 0.258 e. The molecule has 1 aromatic carbocycles. The van der Waals surface area contributed by atoms with Crippen LogP contribution < -0.4 is 0 Å². The van der Waals surface area contributed by atoms with Gasteiger partial charge >= 0.3 is 0 Å². The quantitative estimate of drug-likeness (QED) is 0.625. The molecule has 0 atom stereocenters. The second-order valence-corrected chi connectivity index (χ2v) is 6.92. The number of hydrogen-bond acceptors (Lipinski definition) is 5. The van der Waals surface area contributed by atoms with Crippen LogP contribution in [0.3, 0.4) is 0 Å². The third-order valence-corrected chi connectivity index (χ3v) is 5.68. The van der Waals surface area contributed by atoms with E-state index in [0.29, 0.717) is 31.5 Å². The Bertz CT molecular complexity index is 701. The lowest BCUT2D eigenvalue weighted by molar-refractivity contribution is -0.385. The Hall–Kier alpha value is -1.98. The summed E-state index contributed by atoms with van der Waals surface area (Å²) in [4.78, 5) is 10.2. The molecule has 1 saturated heterocycles. The second-order valence-electron chi connectivity index (χ2n) is 5.01. The van der Waals surface area contributed by atoms with Gasteiger partial charge in [-0.2, -0.15) is 9.57 Å². The van der Waals surface area contributed by atoms with Gasteiger partial charge in [0.15, 0.2) is 0 Å². The number of aryl methyl sites for hydroxylation is 1. The predicted molar refractivity (Wildman–Crippen MR) is 74.9 cm³/mol. The molecule has 1 heterocycles. The van der Waals surface area contributed by atoms with Gasteiger partial charge in [0.25, 0.3) is 5.69 Å². The van der Waals surface area contributed by atoms with E-state index in [1.165, 1.54) is 22.5 Å². The zero-order valence-corrected chi connectivity index (χ0v) is 12.3. The first-order valence-corrected chi connectivity index (χ1v) is 7.95. The fourth-order valence-electron chi connectivity index (χ4n) is 2.40. The van der Waals surface area contributed by atoms with Crippen molar-refractivity contribution in [3.8, 4) is 6.07 Å². The van der Waals surface area contributed by atoms with Gasteiger partial charge in [-0.1, -0.05) is 0 Å². The van der Waals surface area contributed by atoms with E-state index in [1.807, 2.05) is 0 Å². The number of non-ortho nitro benzene ring substituents is 1. The maximum atomic E-state index is 12.6. The minimum absolute atomic E-state index is 0.0866. The summed E-state index contributed by atoms with van der Waals surface area (Å²) < 4.78 is 26.5. The van der Waals surface area contributed by atoms with Crippen molar-refractivity contribution in [2.45, 2.75) is 24.7 Å². The normalized spacial score (nSPS) is 17.3. The van der Waals surface area contributed by atoms with Crippen molar-refractivity contribution < 1.29 is 13.3 Å². The van der Waals surface area contributed by atoms with Crippen molar-refractivity contribution in [1.82, 2.24) is 4.31 Å². The molecule has 0 spiro atoms. The fraction of sp³-hybridized carbons (Fsp3) is 0.462. The number of benzene rings is 1. The van der Waals surface area contributed by atoms with Crippen LogP contribution in [0.25, 0.3) is 0 Å². The van der Waals surface area contributed by atoms with Gasteiger partial charge in [0.1, 0.15) is 0 Å². The monoisotopic (exact) mass is 309 g/mol. The van der Waals surface area contributed by atoms with Gasteiger partial charge in [-0.05, 0) is 31.4 Å². The topological polar surface area (TPSA) is 104 Å². The molecule has 1 aliphatic heterocycles. The Morgan fingerprint density at radius 1 is 1.38 bits per heavy atom. The Morgan fingerprint density at radius 3 is 2.48 bits per heavy atom. The molecule has 0 saturated carbocycles. The number of hydrogen-bond donors (Lipinski definition) is 0. The van der Waals surface area contributed by atoms with E-state index in [1.54, 1.807) is 6.92 Å². The first kappa shape index (κ1) is 15.4. The van der Waals surface area contributed by atoms with Gasteiger partial charge in [-0.3, -0.25) is 10.1 Å². The van der Waals surface area contributed by atoms with Gasteiger partial charge in [-0.25, -0.2) is 8.42 Å². The van der Waals surface area contributed by atoms with Gasteiger partial charge in [0.2, 0.25) is 10.0 Å². The minimum Gasteiger partial charge on any atom is -0.258 e. The van der Waals surface area contributed by atoms with Crippen molar-refractivity contribution >= 4 is 15.7 Å².